The van der Waals surface area contributed by atoms with Gasteiger partial charge < -0.3 is 9.84 Å². The van der Waals surface area contributed by atoms with Gasteiger partial charge in [-0.05, 0) is 12.8 Å². The molecular weight excluding hydrogens is 184 g/mol. The highest BCUT2D eigenvalue weighted by Crippen LogP contribution is 2.38. The highest BCUT2D eigenvalue weighted by atomic mass is 16.5. The lowest BCUT2D eigenvalue weighted by molar-refractivity contribution is -0.142. The Morgan fingerprint density at radius 1 is 1.71 bits per heavy atom. The maximum Gasteiger partial charge on any atom is 0.305 e. The zero-order valence-corrected chi connectivity index (χ0v) is 8.58. The maximum absolute atomic E-state index is 11.5. The van der Waals surface area contributed by atoms with Crippen molar-refractivity contribution in [3.63, 3.8) is 0 Å². The summed E-state index contributed by atoms with van der Waals surface area (Å²) in [5.74, 6) is -0.285. The molecule has 0 aromatic rings. The molecule has 2 atom stereocenters. The van der Waals surface area contributed by atoms with E-state index in [4.69, 9.17) is 0 Å². The van der Waals surface area contributed by atoms with Crippen molar-refractivity contribution in [1.82, 2.24) is 0 Å². The lowest BCUT2D eigenvalue weighted by Gasteiger charge is -2.25. The Balaban J connectivity index is 2.56. The number of hydrogen-bond donors (Lipinski definition) is 1. The van der Waals surface area contributed by atoms with Crippen LogP contribution >= 0.6 is 0 Å². The molecule has 1 fully saturated rings. The highest BCUT2D eigenvalue weighted by molar-refractivity contribution is 5.87. The second kappa shape index (κ2) is 4.09. The predicted octanol–water partition coefficient (Wildman–Crippen LogP) is 0.670. The van der Waals surface area contributed by atoms with Gasteiger partial charge in [0.1, 0.15) is 5.78 Å². The average Bonchev–Trinajstić information content (AvgIpc) is 2.43. The second-order valence-corrected chi connectivity index (χ2v) is 3.97. The molecule has 0 aromatic heterocycles. The molecule has 0 saturated heterocycles. The molecular formula is C10H16O4. The van der Waals surface area contributed by atoms with Gasteiger partial charge in [-0.25, -0.2) is 0 Å². The highest BCUT2D eigenvalue weighted by Gasteiger charge is 2.44. The van der Waals surface area contributed by atoms with E-state index in [1.165, 1.54) is 7.11 Å². The molecule has 1 aliphatic carbocycles. The zero-order chi connectivity index (χ0) is 10.8. The van der Waals surface area contributed by atoms with E-state index in [9.17, 15) is 14.7 Å². The topological polar surface area (TPSA) is 63.6 Å². The number of carbonyl (C=O) groups excluding carboxylic acids is 2. The van der Waals surface area contributed by atoms with Gasteiger partial charge in [-0.3, -0.25) is 9.59 Å². The lowest BCUT2D eigenvalue weighted by Crippen LogP contribution is -2.33. The minimum absolute atomic E-state index is 0.0499. The van der Waals surface area contributed by atoms with Crippen molar-refractivity contribution in [1.29, 1.82) is 0 Å². The third kappa shape index (κ3) is 1.95. The van der Waals surface area contributed by atoms with Crippen molar-refractivity contribution in [2.24, 2.45) is 5.41 Å². The monoisotopic (exact) mass is 200 g/mol. The zero-order valence-electron chi connectivity index (χ0n) is 8.58. The van der Waals surface area contributed by atoms with Crippen molar-refractivity contribution in [3.05, 3.63) is 0 Å². The molecule has 0 spiro atoms. The lowest BCUT2D eigenvalue weighted by atomic mass is 9.81. The van der Waals surface area contributed by atoms with Gasteiger partial charge in [-0.2, -0.15) is 0 Å². The number of esters is 1. The molecule has 0 aliphatic heterocycles. The molecule has 1 saturated carbocycles. The van der Waals surface area contributed by atoms with Gasteiger partial charge in [0, 0.05) is 12.8 Å². The molecule has 1 rings (SSSR count). The molecule has 1 aliphatic rings. The fourth-order valence-electron chi connectivity index (χ4n) is 1.83. The van der Waals surface area contributed by atoms with Crippen LogP contribution in [0.15, 0.2) is 0 Å². The fourth-order valence-corrected chi connectivity index (χ4v) is 1.83. The minimum atomic E-state index is -0.742. The largest absolute Gasteiger partial charge is 0.469 e. The summed E-state index contributed by atoms with van der Waals surface area (Å²) >= 11 is 0. The summed E-state index contributed by atoms with van der Waals surface area (Å²) in [6.07, 6.45) is 0.879. The molecule has 0 radical (unpaired) electrons. The molecule has 0 aromatic carbocycles. The van der Waals surface area contributed by atoms with Gasteiger partial charge in [-0.15, -0.1) is 0 Å². The summed E-state index contributed by atoms with van der Waals surface area (Å²) in [5, 5.41) is 9.63. The van der Waals surface area contributed by atoms with Crippen LogP contribution in [0, 0.1) is 5.41 Å². The van der Waals surface area contributed by atoms with Gasteiger partial charge in [0.2, 0.25) is 0 Å². The van der Waals surface area contributed by atoms with Crippen LogP contribution < -0.4 is 0 Å². The van der Waals surface area contributed by atoms with Crippen LogP contribution in [0.3, 0.4) is 0 Å². The first kappa shape index (κ1) is 11.2. The predicted molar refractivity (Wildman–Crippen MR) is 49.6 cm³/mol. The summed E-state index contributed by atoms with van der Waals surface area (Å²) in [6, 6.07) is 0. The maximum atomic E-state index is 11.5. The summed E-state index contributed by atoms with van der Waals surface area (Å²) in [6.45, 7) is 1.72. The Kier molecular flexibility index (Phi) is 3.26. The number of rotatable bonds is 3. The first-order chi connectivity index (χ1) is 6.50. The number of ketones is 1. The Hall–Kier alpha value is -0.900. The fraction of sp³-hybridized carbons (Fsp3) is 0.800. The Labute approximate surface area is 83.2 Å². The normalized spacial score (nSPS) is 31.9. The molecule has 4 heteroatoms. The summed E-state index contributed by atoms with van der Waals surface area (Å²) < 4.78 is 4.49. The number of aliphatic hydroxyl groups is 1. The average molecular weight is 200 g/mol. The first-order valence-electron chi connectivity index (χ1n) is 4.79. The molecule has 0 bridgehead atoms. The minimum Gasteiger partial charge on any atom is -0.469 e. The van der Waals surface area contributed by atoms with Crippen LogP contribution in [0.25, 0.3) is 0 Å². The quantitative estimate of drug-likeness (QED) is 0.680. The Morgan fingerprint density at radius 3 is 2.79 bits per heavy atom. The Morgan fingerprint density at radius 2 is 2.36 bits per heavy atom. The molecule has 14 heavy (non-hydrogen) atoms. The van der Waals surface area contributed by atoms with E-state index in [-0.39, 0.29) is 18.2 Å². The van der Waals surface area contributed by atoms with Gasteiger partial charge in [0.15, 0.2) is 0 Å². The SMILES string of the molecule is COC(=O)CC[C@@]1(C)C(=O)CC[C@H]1O. The molecule has 0 amide bonds. The van der Waals surface area contributed by atoms with Crippen molar-refractivity contribution in [2.45, 2.75) is 38.7 Å². The van der Waals surface area contributed by atoms with Crippen molar-refractivity contribution < 1.29 is 19.4 Å². The van der Waals surface area contributed by atoms with Gasteiger partial charge in [0.05, 0.1) is 18.6 Å². The third-order valence-corrected chi connectivity index (χ3v) is 3.09. The van der Waals surface area contributed by atoms with Crippen LogP contribution in [-0.2, 0) is 14.3 Å². The van der Waals surface area contributed by atoms with Crippen molar-refractivity contribution in [2.75, 3.05) is 7.11 Å². The molecule has 0 unspecified atom stereocenters. The van der Waals surface area contributed by atoms with Gasteiger partial charge in [-0.1, -0.05) is 6.92 Å². The van der Waals surface area contributed by atoms with E-state index in [1.54, 1.807) is 6.92 Å². The van der Waals surface area contributed by atoms with E-state index in [1.807, 2.05) is 0 Å². The van der Waals surface area contributed by atoms with E-state index in [0.29, 0.717) is 19.3 Å². The number of Topliss-reactive ketones (excluding diaryl/α,β-unsaturated/α-hetero) is 1. The van der Waals surface area contributed by atoms with Crippen molar-refractivity contribution in [3.8, 4) is 0 Å². The third-order valence-electron chi connectivity index (χ3n) is 3.09. The number of hydrogen-bond acceptors (Lipinski definition) is 4. The molecule has 1 N–H and O–H groups in total. The van der Waals surface area contributed by atoms with Crippen LogP contribution in [0.4, 0.5) is 0 Å². The smallest absolute Gasteiger partial charge is 0.305 e. The Bertz CT molecular complexity index is 249. The first-order valence-corrected chi connectivity index (χ1v) is 4.79. The number of carbonyl (C=O) groups is 2. The van der Waals surface area contributed by atoms with Crippen LogP contribution in [0.2, 0.25) is 0 Å². The van der Waals surface area contributed by atoms with E-state index < -0.39 is 11.5 Å². The van der Waals surface area contributed by atoms with Crippen LogP contribution in [-0.4, -0.2) is 30.1 Å². The number of aliphatic hydroxyl groups excluding tert-OH is 1. The summed E-state index contributed by atoms with van der Waals surface area (Å²) in [4.78, 5) is 22.4. The van der Waals surface area contributed by atoms with Crippen LogP contribution in [0.1, 0.15) is 32.6 Å². The van der Waals surface area contributed by atoms with Crippen LogP contribution in [0.5, 0.6) is 0 Å². The summed E-state index contributed by atoms with van der Waals surface area (Å²) in [5.41, 5.74) is -0.742. The van der Waals surface area contributed by atoms with Gasteiger partial charge in [0.25, 0.3) is 0 Å². The molecule has 0 heterocycles. The number of ether oxygens (including phenoxy) is 1. The standard InChI is InChI=1S/C10H16O4/c1-10(6-5-9(13)14-2)7(11)3-4-8(10)12/h7,11H,3-6H2,1-2H3/t7-,10-/m1/s1. The molecule has 4 nitrogen and oxygen atoms in total. The van der Waals surface area contributed by atoms with Gasteiger partial charge >= 0.3 is 5.97 Å². The van der Waals surface area contributed by atoms with E-state index >= 15 is 0 Å². The van der Waals surface area contributed by atoms with E-state index in [2.05, 4.69) is 4.74 Å². The molecule has 80 valence electrons. The van der Waals surface area contributed by atoms with Crippen molar-refractivity contribution >= 4 is 11.8 Å². The summed E-state index contributed by atoms with van der Waals surface area (Å²) in [7, 11) is 1.32. The second-order valence-electron chi connectivity index (χ2n) is 3.97. The van der Waals surface area contributed by atoms with E-state index in [0.717, 1.165) is 0 Å². The number of methoxy groups -OCH3 is 1.